The number of hydrogen-bond donors (Lipinski definition) is 1. The maximum Gasteiger partial charge on any atom is 0.339 e. The average molecular weight is 606 g/mol. The second kappa shape index (κ2) is 10.4. The minimum Gasteiger partial charge on any atom is -0.493 e. The van der Waals surface area contributed by atoms with E-state index in [2.05, 4.69) is 21.2 Å². The van der Waals surface area contributed by atoms with Gasteiger partial charge < -0.3 is 8.92 Å². The SMILES string of the molecule is COc1cc(/C=C2\C(=O)NC(=O)N(c3cc(Cl)ccc3C)C2=O)cc(Br)c1OS(=O)(=O)c1ccccc1. The van der Waals surface area contributed by atoms with Crippen molar-refractivity contribution in [2.45, 2.75) is 11.8 Å². The van der Waals surface area contributed by atoms with E-state index in [0.29, 0.717) is 16.1 Å². The van der Waals surface area contributed by atoms with Crippen LogP contribution in [0, 0.1) is 6.92 Å². The number of urea groups is 1. The Balaban J connectivity index is 1.73. The van der Waals surface area contributed by atoms with Crippen molar-refractivity contribution < 1.29 is 31.7 Å². The van der Waals surface area contributed by atoms with Gasteiger partial charge in [0.05, 0.1) is 17.3 Å². The summed E-state index contributed by atoms with van der Waals surface area (Å²) in [5.74, 6) is -1.86. The number of halogens is 2. The molecule has 1 aliphatic rings. The van der Waals surface area contributed by atoms with Crippen molar-refractivity contribution in [2.24, 2.45) is 0 Å². The van der Waals surface area contributed by atoms with Gasteiger partial charge in [0, 0.05) is 5.02 Å². The van der Waals surface area contributed by atoms with Gasteiger partial charge in [0.25, 0.3) is 11.8 Å². The zero-order valence-electron chi connectivity index (χ0n) is 19.3. The molecule has 0 radical (unpaired) electrons. The molecule has 0 bridgehead atoms. The van der Waals surface area contributed by atoms with Crippen LogP contribution in [0.3, 0.4) is 0 Å². The van der Waals surface area contributed by atoms with Crippen molar-refractivity contribution in [1.29, 1.82) is 0 Å². The number of barbiturate groups is 1. The average Bonchev–Trinajstić information content (AvgIpc) is 2.85. The zero-order chi connectivity index (χ0) is 26.9. The Labute approximate surface area is 225 Å². The Bertz CT molecular complexity index is 1570. The van der Waals surface area contributed by atoms with Gasteiger partial charge >= 0.3 is 16.1 Å². The first-order chi connectivity index (χ1) is 17.5. The van der Waals surface area contributed by atoms with E-state index in [0.717, 1.165) is 4.90 Å². The van der Waals surface area contributed by atoms with Gasteiger partial charge in [0.15, 0.2) is 11.5 Å². The predicted molar refractivity (Wildman–Crippen MR) is 140 cm³/mol. The lowest BCUT2D eigenvalue weighted by Crippen LogP contribution is -2.54. The van der Waals surface area contributed by atoms with Crippen LogP contribution in [-0.4, -0.2) is 33.4 Å². The van der Waals surface area contributed by atoms with Crippen molar-refractivity contribution >= 4 is 67.3 Å². The number of nitrogens with one attached hydrogen (secondary N) is 1. The maximum atomic E-state index is 13.3. The molecule has 1 fully saturated rings. The summed E-state index contributed by atoms with van der Waals surface area (Å²) in [5, 5.41) is 2.45. The molecule has 0 aromatic heterocycles. The molecule has 4 amide bonds. The van der Waals surface area contributed by atoms with Gasteiger partial charge in [-0.05, 0) is 76.5 Å². The largest absolute Gasteiger partial charge is 0.493 e. The monoisotopic (exact) mass is 604 g/mol. The third kappa shape index (κ3) is 5.38. The summed E-state index contributed by atoms with van der Waals surface area (Å²) < 4.78 is 36.2. The molecule has 9 nitrogen and oxygen atoms in total. The van der Waals surface area contributed by atoms with Gasteiger partial charge in [0.1, 0.15) is 10.5 Å². The van der Waals surface area contributed by atoms with Crippen molar-refractivity contribution in [1.82, 2.24) is 5.32 Å². The predicted octanol–water partition coefficient (Wildman–Crippen LogP) is 4.85. The molecule has 0 aliphatic carbocycles. The number of methoxy groups -OCH3 is 1. The molecule has 1 heterocycles. The molecule has 1 N–H and O–H groups in total. The summed E-state index contributed by atoms with van der Waals surface area (Å²) in [6, 6.07) is 14.2. The number of carbonyl (C=O) groups is 3. The van der Waals surface area contributed by atoms with E-state index >= 15 is 0 Å². The van der Waals surface area contributed by atoms with Gasteiger partial charge in [-0.15, -0.1) is 0 Å². The minimum absolute atomic E-state index is 0.0167. The summed E-state index contributed by atoms with van der Waals surface area (Å²) in [4.78, 5) is 39.1. The molecule has 3 aromatic rings. The quantitative estimate of drug-likeness (QED) is 0.242. The fourth-order valence-electron chi connectivity index (χ4n) is 3.52. The minimum atomic E-state index is -4.18. The molecule has 12 heteroatoms. The van der Waals surface area contributed by atoms with E-state index in [-0.39, 0.29) is 32.1 Å². The van der Waals surface area contributed by atoms with Crippen molar-refractivity contribution in [3.63, 3.8) is 0 Å². The lowest BCUT2D eigenvalue weighted by atomic mass is 10.1. The number of nitrogens with zero attached hydrogens (tertiary/aromatic N) is 1. The van der Waals surface area contributed by atoms with Crippen LogP contribution in [0.4, 0.5) is 10.5 Å². The summed E-state index contributed by atoms with van der Waals surface area (Å²) in [7, 11) is -2.87. The highest BCUT2D eigenvalue weighted by Crippen LogP contribution is 2.39. The van der Waals surface area contributed by atoms with Gasteiger partial charge in [0.2, 0.25) is 0 Å². The Morgan fingerprint density at radius 1 is 1.03 bits per heavy atom. The highest BCUT2D eigenvalue weighted by molar-refractivity contribution is 9.10. The summed E-state index contributed by atoms with van der Waals surface area (Å²) in [5.41, 5.74) is 0.775. The Kier molecular flexibility index (Phi) is 7.39. The van der Waals surface area contributed by atoms with Crippen LogP contribution in [0.15, 0.2) is 75.6 Å². The highest BCUT2D eigenvalue weighted by Gasteiger charge is 2.37. The summed E-state index contributed by atoms with van der Waals surface area (Å²) in [6.45, 7) is 1.69. The number of ether oxygens (including phenoxy) is 1. The van der Waals surface area contributed by atoms with Crippen LogP contribution >= 0.6 is 27.5 Å². The topological polar surface area (TPSA) is 119 Å². The normalized spacial score (nSPS) is 15.1. The number of amides is 4. The van der Waals surface area contributed by atoms with E-state index in [4.69, 9.17) is 20.5 Å². The van der Waals surface area contributed by atoms with Gasteiger partial charge in [-0.2, -0.15) is 8.42 Å². The smallest absolute Gasteiger partial charge is 0.339 e. The number of benzene rings is 3. The van der Waals surface area contributed by atoms with Gasteiger partial charge in [-0.25, -0.2) is 9.69 Å². The van der Waals surface area contributed by atoms with E-state index in [1.165, 1.54) is 43.5 Å². The van der Waals surface area contributed by atoms with E-state index in [1.54, 1.807) is 37.3 Å². The lowest BCUT2D eigenvalue weighted by Gasteiger charge is -2.27. The molecule has 190 valence electrons. The standard InChI is InChI=1S/C25H18BrClN2O7S/c1-14-8-9-16(27)13-20(14)29-24(31)18(23(30)28-25(29)32)10-15-11-19(26)22(21(12-15)35-2)36-37(33,34)17-6-4-3-5-7-17/h3-13H,1-2H3,(H,28,30,32)/b18-10+. The summed E-state index contributed by atoms with van der Waals surface area (Å²) >= 11 is 9.32. The third-order valence-corrected chi connectivity index (χ3v) is 7.36. The molecular weight excluding hydrogens is 588 g/mol. The van der Waals surface area contributed by atoms with E-state index in [1.807, 2.05) is 0 Å². The first kappa shape index (κ1) is 26.4. The molecule has 0 saturated carbocycles. The van der Waals surface area contributed by atoms with E-state index < -0.39 is 28.0 Å². The maximum absolute atomic E-state index is 13.3. The van der Waals surface area contributed by atoms with Crippen molar-refractivity contribution in [3.05, 3.63) is 86.9 Å². The van der Waals surface area contributed by atoms with Crippen molar-refractivity contribution in [3.8, 4) is 11.5 Å². The molecule has 4 rings (SSSR count). The number of rotatable bonds is 6. The van der Waals surface area contributed by atoms with Gasteiger partial charge in [-0.3, -0.25) is 14.9 Å². The first-order valence-corrected chi connectivity index (χ1v) is 13.1. The molecular formula is C25H18BrClN2O7S. The second-order valence-electron chi connectivity index (χ2n) is 7.77. The first-order valence-electron chi connectivity index (χ1n) is 10.6. The highest BCUT2D eigenvalue weighted by atomic mass is 79.9. The summed E-state index contributed by atoms with van der Waals surface area (Å²) in [6.07, 6.45) is 1.25. The molecule has 1 saturated heterocycles. The number of imide groups is 2. The van der Waals surface area contributed by atoms with Crippen LogP contribution in [0.25, 0.3) is 6.08 Å². The number of aryl methyl sites for hydroxylation is 1. The lowest BCUT2D eigenvalue weighted by molar-refractivity contribution is -0.122. The van der Waals surface area contributed by atoms with Crippen LogP contribution in [0.1, 0.15) is 11.1 Å². The second-order valence-corrected chi connectivity index (χ2v) is 10.6. The van der Waals surface area contributed by atoms with Crippen LogP contribution < -0.4 is 19.1 Å². The molecule has 0 spiro atoms. The van der Waals surface area contributed by atoms with E-state index in [9.17, 15) is 22.8 Å². The third-order valence-electron chi connectivity index (χ3n) is 5.30. The zero-order valence-corrected chi connectivity index (χ0v) is 22.5. The molecule has 3 aromatic carbocycles. The molecule has 1 aliphatic heterocycles. The number of hydrogen-bond acceptors (Lipinski definition) is 7. The fraction of sp³-hybridized carbons (Fsp3) is 0.0800. The van der Waals surface area contributed by atoms with Crippen LogP contribution in [-0.2, 0) is 19.7 Å². The fourth-order valence-corrected chi connectivity index (χ4v) is 5.31. The Morgan fingerprint density at radius 3 is 2.41 bits per heavy atom. The number of carbonyl (C=O) groups excluding carboxylic acids is 3. The van der Waals surface area contributed by atoms with Crippen molar-refractivity contribution in [2.75, 3.05) is 12.0 Å². The Morgan fingerprint density at radius 2 is 1.73 bits per heavy atom. The molecule has 0 atom stereocenters. The van der Waals surface area contributed by atoms with Gasteiger partial charge in [-0.1, -0.05) is 35.9 Å². The number of anilines is 1. The van der Waals surface area contributed by atoms with Crippen LogP contribution in [0.2, 0.25) is 5.02 Å². The molecule has 37 heavy (non-hydrogen) atoms. The Hall–Kier alpha value is -3.67. The van der Waals surface area contributed by atoms with Crippen LogP contribution in [0.5, 0.6) is 11.5 Å². The molecule has 0 unspecified atom stereocenters.